The van der Waals surface area contributed by atoms with Crippen molar-refractivity contribution in [1.29, 1.82) is 0 Å². The van der Waals surface area contributed by atoms with Crippen LogP contribution in [0, 0.1) is 0 Å². The number of hydrogen-bond donors (Lipinski definition) is 1. The van der Waals surface area contributed by atoms with Gasteiger partial charge in [0.2, 0.25) is 0 Å². The Hall–Kier alpha value is -0.970. The molecule has 2 N–H and O–H groups in total. The molecule has 0 aromatic carbocycles. The molecular weight excluding hydrogens is 238 g/mol. The van der Waals surface area contributed by atoms with Crippen LogP contribution in [-0.4, -0.2) is 41.7 Å². The molecule has 106 valence electrons. The van der Waals surface area contributed by atoms with Crippen molar-refractivity contribution < 1.29 is 4.74 Å². The van der Waals surface area contributed by atoms with Gasteiger partial charge in [-0.2, -0.15) is 0 Å². The maximum atomic E-state index is 6.37. The van der Waals surface area contributed by atoms with E-state index in [0.29, 0.717) is 0 Å². The normalized spacial score (nSPS) is 24.7. The standard InChI is InChI=1S/C15H25N3O/c1-3-14(16)15(13-5-7-17-8-6-13)18-9-4-10-19-12(2)11-18/h5-8,12,14-15H,3-4,9-11,16H2,1-2H3. The summed E-state index contributed by atoms with van der Waals surface area (Å²) in [4.78, 5) is 6.58. The number of pyridine rings is 1. The van der Waals surface area contributed by atoms with Gasteiger partial charge in [-0.1, -0.05) is 6.92 Å². The molecule has 1 aliphatic heterocycles. The van der Waals surface area contributed by atoms with Crippen LogP contribution in [-0.2, 0) is 4.74 Å². The van der Waals surface area contributed by atoms with Gasteiger partial charge in [0.1, 0.15) is 0 Å². The Morgan fingerprint density at radius 1 is 1.47 bits per heavy atom. The van der Waals surface area contributed by atoms with Crippen molar-refractivity contribution in [3.8, 4) is 0 Å². The monoisotopic (exact) mass is 263 g/mol. The molecule has 1 aromatic heterocycles. The highest BCUT2D eigenvalue weighted by molar-refractivity contribution is 5.17. The molecule has 0 aliphatic carbocycles. The van der Waals surface area contributed by atoms with Crippen molar-refractivity contribution in [3.63, 3.8) is 0 Å². The largest absolute Gasteiger partial charge is 0.377 e. The van der Waals surface area contributed by atoms with E-state index in [1.807, 2.05) is 12.4 Å². The van der Waals surface area contributed by atoms with Gasteiger partial charge in [0, 0.05) is 38.1 Å². The van der Waals surface area contributed by atoms with Crippen LogP contribution in [0.5, 0.6) is 0 Å². The van der Waals surface area contributed by atoms with Gasteiger partial charge in [-0.3, -0.25) is 9.88 Å². The van der Waals surface area contributed by atoms with Crippen LogP contribution in [0.1, 0.15) is 38.3 Å². The van der Waals surface area contributed by atoms with E-state index >= 15 is 0 Å². The first-order valence-corrected chi connectivity index (χ1v) is 7.23. The Balaban J connectivity index is 2.21. The van der Waals surface area contributed by atoms with Gasteiger partial charge in [0.25, 0.3) is 0 Å². The van der Waals surface area contributed by atoms with Gasteiger partial charge in [0.15, 0.2) is 0 Å². The number of hydrogen-bond acceptors (Lipinski definition) is 4. The van der Waals surface area contributed by atoms with Gasteiger partial charge in [-0.15, -0.1) is 0 Å². The van der Waals surface area contributed by atoms with Crippen LogP contribution in [0.25, 0.3) is 0 Å². The summed E-state index contributed by atoms with van der Waals surface area (Å²) in [5.41, 5.74) is 7.64. The molecule has 1 aromatic rings. The first-order valence-electron chi connectivity index (χ1n) is 7.23. The molecule has 4 heteroatoms. The molecular formula is C15H25N3O. The van der Waals surface area contributed by atoms with Crippen molar-refractivity contribution in [2.75, 3.05) is 19.7 Å². The fourth-order valence-electron chi connectivity index (χ4n) is 2.79. The fourth-order valence-corrected chi connectivity index (χ4v) is 2.79. The predicted molar refractivity (Wildman–Crippen MR) is 76.8 cm³/mol. The summed E-state index contributed by atoms with van der Waals surface area (Å²) in [6, 6.07) is 4.57. The Morgan fingerprint density at radius 3 is 2.89 bits per heavy atom. The highest BCUT2D eigenvalue weighted by atomic mass is 16.5. The number of rotatable bonds is 4. The van der Waals surface area contributed by atoms with E-state index in [4.69, 9.17) is 10.5 Å². The minimum atomic E-state index is 0.146. The first-order chi connectivity index (χ1) is 9.22. The van der Waals surface area contributed by atoms with Gasteiger partial charge in [-0.25, -0.2) is 0 Å². The SMILES string of the molecule is CCC(N)C(c1ccncc1)N1CCCOC(C)C1. The van der Waals surface area contributed by atoms with E-state index in [9.17, 15) is 0 Å². The van der Waals surface area contributed by atoms with E-state index in [0.717, 1.165) is 32.5 Å². The molecule has 4 nitrogen and oxygen atoms in total. The third kappa shape index (κ3) is 3.75. The Morgan fingerprint density at radius 2 is 2.21 bits per heavy atom. The van der Waals surface area contributed by atoms with E-state index in [1.165, 1.54) is 5.56 Å². The van der Waals surface area contributed by atoms with Crippen molar-refractivity contribution >= 4 is 0 Å². The summed E-state index contributed by atoms with van der Waals surface area (Å²) in [5, 5.41) is 0. The van der Waals surface area contributed by atoms with E-state index in [2.05, 4.69) is 35.9 Å². The van der Waals surface area contributed by atoms with Crippen LogP contribution in [0.3, 0.4) is 0 Å². The lowest BCUT2D eigenvalue weighted by atomic mass is 9.96. The van der Waals surface area contributed by atoms with Crippen molar-refractivity contribution in [2.45, 2.75) is 44.9 Å². The van der Waals surface area contributed by atoms with Crippen LogP contribution >= 0.6 is 0 Å². The van der Waals surface area contributed by atoms with E-state index in [1.54, 1.807) is 0 Å². The Labute approximate surface area is 116 Å². The number of ether oxygens (including phenoxy) is 1. The minimum Gasteiger partial charge on any atom is -0.377 e. The van der Waals surface area contributed by atoms with Crippen molar-refractivity contribution in [1.82, 2.24) is 9.88 Å². The quantitative estimate of drug-likeness (QED) is 0.902. The van der Waals surface area contributed by atoms with Crippen LogP contribution in [0.4, 0.5) is 0 Å². The van der Waals surface area contributed by atoms with Crippen molar-refractivity contribution in [2.24, 2.45) is 5.73 Å². The smallest absolute Gasteiger partial charge is 0.0674 e. The molecule has 0 radical (unpaired) electrons. The highest BCUT2D eigenvalue weighted by Gasteiger charge is 2.28. The zero-order chi connectivity index (χ0) is 13.7. The summed E-state index contributed by atoms with van der Waals surface area (Å²) in [6.45, 7) is 7.13. The van der Waals surface area contributed by atoms with Gasteiger partial charge in [-0.05, 0) is 37.5 Å². The number of nitrogens with two attached hydrogens (primary N) is 1. The molecule has 1 fully saturated rings. The lowest BCUT2D eigenvalue weighted by molar-refractivity contribution is 0.0575. The molecule has 3 atom stereocenters. The summed E-state index contributed by atoms with van der Waals surface area (Å²) in [6.07, 6.45) is 6.02. The molecule has 1 aliphatic rings. The third-order valence-electron chi connectivity index (χ3n) is 3.80. The van der Waals surface area contributed by atoms with Crippen LogP contribution in [0.2, 0.25) is 0 Å². The maximum absolute atomic E-state index is 6.37. The summed E-state index contributed by atoms with van der Waals surface area (Å²) in [7, 11) is 0. The average Bonchev–Trinajstić information content (AvgIpc) is 2.65. The van der Waals surface area contributed by atoms with Gasteiger partial charge < -0.3 is 10.5 Å². The minimum absolute atomic E-state index is 0.146. The third-order valence-corrected chi connectivity index (χ3v) is 3.80. The second-order valence-corrected chi connectivity index (χ2v) is 5.33. The highest BCUT2D eigenvalue weighted by Crippen LogP contribution is 2.26. The first kappa shape index (κ1) is 14.4. The molecule has 0 saturated carbocycles. The van der Waals surface area contributed by atoms with Crippen LogP contribution < -0.4 is 5.73 Å². The Bertz CT molecular complexity index is 371. The molecule has 19 heavy (non-hydrogen) atoms. The van der Waals surface area contributed by atoms with Gasteiger partial charge >= 0.3 is 0 Å². The Kier molecular flexibility index (Phi) is 5.31. The van der Waals surface area contributed by atoms with E-state index < -0.39 is 0 Å². The maximum Gasteiger partial charge on any atom is 0.0674 e. The molecule has 0 bridgehead atoms. The molecule has 3 unspecified atom stereocenters. The topological polar surface area (TPSA) is 51.4 Å². The molecule has 2 rings (SSSR count). The zero-order valence-electron chi connectivity index (χ0n) is 12.0. The van der Waals surface area contributed by atoms with Gasteiger partial charge in [0.05, 0.1) is 12.1 Å². The number of nitrogens with zero attached hydrogens (tertiary/aromatic N) is 2. The lowest BCUT2D eigenvalue weighted by Gasteiger charge is -2.35. The second-order valence-electron chi connectivity index (χ2n) is 5.33. The zero-order valence-corrected chi connectivity index (χ0v) is 12.0. The predicted octanol–water partition coefficient (Wildman–Crippen LogP) is 1.97. The fraction of sp³-hybridized carbons (Fsp3) is 0.667. The second kappa shape index (κ2) is 6.98. The molecule has 0 spiro atoms. The molecule has 0 amide bonds. The lowest BCUT2D eigenvalue weighted by Crippen LogP contribution is -2.43. The average molecular weight is 263 g/mol. The summed E-state index contributed by atoms with van der Waals surface area (Å²) in [5.74, 6) is 0. The summed E-state index contributed by atoms with van der Waals surface area (Å²) >= 11 is 0. The molecule has 1 saturated heterocycles. The van der Waals surface area contributed by atoms with E-state index in [-0.39, 0.29) is 18.2 Å². The summed E-state index contributed by atoms with van der Waals surface area (Å²) < 4.78 is 5.74. The van der Waals surface area contributed by atoms with Crippen LogP contribution in [0.15, 0.2) is 24.5 Å². The number of aromatic nitrogens is 1. The van der Waals surface area contributed by atoms with Crippen molar-refractivity contribution in [3.05, 3.63) is 30.1 Å². The molecule has 2 heterocycles.